The van der Waals surface area contributed by atoms with E-state index in [1.807, 2.05) is 19.2 Å². The molecule has 2 aromatic heterocycles. The Balaban J connectivity index is 1.44. The van der Waals surface area contributed by atoms with Crippen LogP contribution in [0.1, 0.15) is 106 Å². The number of anilines is 1. The van der Waals surface area contributed by atoms with Gasteiger partial charge in [0.1, 0.15) is 29.9 Å². The van der Waals surface area contributed by atoms with E-state index in [0.29, 0.717) is 30.6 Å². The lowest BCUT2D eigenvalue weighted by Crippen LogP contribution is -2.60. The van der Waals surface area contributed by atoms with Crippen molar-refractivity contribution in [3.63, 3.8) is 0 Å². The highest BCUT2D eigenvalue weighted by Crippen LogP contribution is 2.28. The van der Waals surface area contributed by atoms with Crippen LogP contribution in [0, 0.1) is 17.8 Å². The summed E-state index contributed by atoms with van der Waals surface area (Å²) in [5.74, 6) is -9.30. The van der Waals surface area contributed by atoms with Gasteiger partial charge in [-0.1, -0.05) is 95.2 Å². The van der Waals surface area contributed by atoms with E-state index in [1.54, 1.807) is 18.6 Å². The van der Waals surface area contributed by atoms with Gasteiger partial charge in [-0.2, -0.15) is 8.42 Å². The fraction of sp³-hybridized carbons (Fsp3) is 0.524. The van der Waals surface area contributed by atoms with Gasteiger partial charge in [-0.3, -0.25) is 48.7 Å². The molecule has 21 nitrogen and oxygen atoms in total. The summed E-state index contributed by atoms with van der Waals surface area (Å²) < 4.78 is 54.3. The number of carbonyl (C=O) groups is 8. The molecule has 1 aliphatic carbocycles. The molecule has 2 heterocycles. The van der Waals surface area contributed by atoms with Crippen molar-refractivity contribution in [2.24, 2.45) is 17.8 Å². The number of hydrogen-bond acceptors (Lipinski definition) is 15. The van der Waals surface area contributed by atoms with Gasteiger partial charge in [-0.05, 0) is 48.8 Å². The monoisotopic (exact) mass is 1010 g/mol. The van der Waals surface area contributed by atoms with Crippen LogP contribution < -0.4 is 36.6 Å². The molecule has 0 saturated heterocycles. The number of Topliss-reactive ketones (excluding diaryl/α,β-unsaturated/α-hetero) is 1. The molecule has 3 aromatic rings. The predicted molar refractivity (Wildman–Crippen MR) is 242 cm³/mol. The molecular weight excluding hydrogens is 956 g/mol. The molecular formula is C42H54ClF2N11O10S2. The van der Waals surface area contributed by atoms with Crippen LogP contribution >= 0.6 is 22.9 Å². The number of aromatic nitrogens is 4. The highest BCUT2D eigenvalue weighted by molar-refractivity contribution is 7.92. The average Bonchev–Trinajstić information content (AvgIpc) is 3.78. The maximum Gasteiger partial charge on any atom is 0.293 e. The SMILES string of the molecule is CCC(C)C(NC(=O)C(CC(C)C)NC(=O)c1cnccn1)C(=O)NC(CC1CCCCC1)C(=O)NC(CC(F)F)C(=O)C(=O)NCC(=O)NS(=O)(=O)c1nnc(NC(=O)c2cccc(Cl)c2)s1. The first-order valence-electron chi connectivity index (χ1n) is 21.7. The summed E-state index contributed by atoms with van der Waals surface area (Å²) in [6, 6.07) is -0.146. The molecule has 5 atom stereocenters. The molecule has 1 aromatic carbocycles. The van der Waals surface area contributed by atoms with E-state index >= 15 is 0 Å². The number of nitrogens with one attached hydrogen (secondary N) is 7. The van der Waals surface area contributed by atoms with Gasteiger partial charge in [-0.15, -0.1) is 10.2 Å². The Kier molecular flexibility index (Phi) is 20.8. The first kappa shape index (κ1) is 54.5. The van der Waals surface area contributed by atoms with Crippen LogP contribution in [-0.2, 0) is 38.8 Å². The fourth-order valence-electron chi connectivity index (χ4n) is 7.04. The molecule has 7 amide bonds. The van der Waals surface area contributed by atoms with E-state index in [9.17, 15) is 55.6 Å². The average molecular weight is 1010 g/mol. The second-order valence-electron chi connectivity index (χ2n) is 16.5. The first-order chi connectivity index (χ1) is 32.2. The minimum Gasteiger partial charge on any atom is -0.344 e. The summed E-state index contributed by atoms with van der Waals surface area (Å²) in [6.07, 6.45) is 3.82. The van der Waals surface area contributed by atoms with Gasteiger partial charge in [0.05, 0.1) is 12.7 Å². The van der Waals surface area contributed by atoms with Gasteiger partial charge in [0.2, 0.25) is 35.1 Å². The van der Waals surface area contributed by atoms with Crippen molar-refractivity contribution < 1.29 is 55.6 Å². The quantitative estimate of drug-likeness (QED) is 0.0502. The molecule has 0 bridgehead atoms. The lowest BCUT2D eigenvalue weighted by atomic mass is 9.84. The number of sulfonamides is 1. The van der Waals surface area contributed by atoms with E-state index in [2.05, 4.69) is 46.7 Å². The van der Waals surface area contributed by atoms with Crippen LogP contribution in [0.25, 0.3) is 0 Å². The molecule has 370 valence electrons. The van der Waals surface area contributed by atoms with Gasteiger partial charge in [-0.25, -0.2) is 18.5 Å². The molecule has 68 heavy (non-hydrogen) atoms. The Labute approximate surface area is 400 Å². The zero-order chi connectivity index (χ0) is 50.1. The smallest absolute Gasteiger partial charge is 0.293 e. The van der Waals surface area contributed by atoms with Crippen LogP contribution in [0.3, 0.4) is 0 Å². The number of ketones is 1. The van der Waals surface area contributed by atoms with Crippen LogP contribution in [0.4, 0.5) is 13.9 Å². The van der Waals surface area contributed by atoms with Crippen molar-refractivity contribution in [2.45, 2.75) is 120 Å². The van der Waals surface area contributed by atoms with E-state index in [0.717, 1.165) is 19.3 Å². The summed E-state index contributed by atoms with van der Waals surface area (Å²) in [4.78, 5) is 114. The molecule has 1 fully saturated rings. The number of benzene rings is 1. The summed E-state index contributed by atoms with van der Waals surface area (Å²) in [5.41, 5.74) is 0.0851. The third-order valence-corrected chi connectivity index (χ3v) is 13.5. The van der Waals surface area contributed by atoms with E-state index in [1.165, 1.54) is 42.9 Å². The highest BCUT2D eigenvalue weighted by atomic mass is 35.5. The number of rotatable bonds is 24. The third-order valence-electron chi connectivity index (χ3n) is 10.7. The Morgan fingerprint density at radius 1 is 0.838 bits per heavy atom. The predicted octanol–water partition coefficient (Wildman–Crippen LogP) is 2.69. The van der Waals surface area contributed by atoms with E-state index in [4.69, 9.17) is 11.6 Å². The fourth-order valence-corrected chi connectivity index (χ4v) is 9.11. The van der Waals surface area contributed by atoms with Crippen LogP contribution in [0.5, 0.6) is 0 Å². The van der Waals surface area contributed by atoms with Crippen molar-refractivity contribution in [1.82, 2.24) is 51.5 Å². The van der Waals surface area contributed by atoms with Gasteiger partial charge in [0, 0.05) is 29.4 Å². The first-order valence-corrected chi connectivity index (χ1v) is 24.4. The second-order valence-corrected chi connectivity index (χ2v) is 19.8. The van der Waals surface area contributed by atoms with Crippen molar-refractivity contribution >= 4 is 85.2 Å². The van der Waals surface area contributed by atoms with Crippen molar-refractivity contribution in [3.05, 3.63) is 59.1 Å². The van der Waals surface area contributed by atoms with E-state index in [-0.39, 0.29) is 46.1 Å². The number of amides is 7. The highest BCUT2D eigenvalue weighted by Gasteiger charge is 2.37. The topological polar surface area (TPSA) is 306 Å². The summed E-state index contributed by atoms with van der Waals surface area (Å²) in [5, 5.41) is 21.4. The minimum atomic E-state index is -4.74. The summed E-state index contributed by atoms with van der Waals surface area (Å²) in [6.45, 7) is 5.95. The number of hydrogen-bond donors (Lipinski definition) is 7. The Morgan fingerprint density at radius 2 is 1.53 bits per heavy atom. The molecule has 1 saturated carbocycles. The zero-order valence-electron chi connectivity index (χ0n) is 37.6. The largest absolute Gasteiger partial charge is 0.344 e. The molecule has 0 aliphatic heterocycles. The summed E-state index contributed by atoms with van der Waals surface area (Å²) >= 11 is 6.27. The van der Waals surface area contributed by atoms with Gasteiger partial charge in [0.15, 0.2) is 0 Å². The summed E-state index contributed by atoms with van der Waals surface area (Å²) in [7, 11) is -4.74. The van der Waals surface area contributed by atoms with Gasteiger partial charge in [0.25, 0.3) is 38.0 Å². The van der Waals surface area contributed by atoms with Crippen LogP contribution in [-0.4, -0.2) is 113 Å². The molecule has 26 heteroatoms. The number of alkyl halides is 2. The third kappa shape index (κ3) is 16.9. The van der Waals surface area contributed by atoms with E-state index < -0.39 is 111 Å². The maximum atomic E-state index is 14.1. The van der Waals surface area contributed by atoms with Crippen molar-refractivity contribution in [2.75, 3.05) is 11.9 Å². The number of carbonyl (C=O) groups excluding carboxylic acids is 8. The zero-order valence-corrected chi connectivity index (χ0v) is 39.9. The Morgan fingerprint density at radius 3 is 2.16 bits per heavy atom. The standard InChI is InChI=1S/C42H54ClF2N11O10S2/c1-5-23(4)33(52-37(61)28(16-22(2)3)50-38(62)30-20-46-14-15-47-30)39(63)51-29(17-24-10-7-6-8-11-24)36(60)49-27(19-31(44)45)34(58)40(64)48-21-32(57)56-68(65,66)42-55-54-41(67-42)53-35(59)25-12-9-13-26(43)18-25/h9,12-15,18,20,22-24,27-29,31,33H,5-8,10-11,16-17,19,21H2,1-4H3,(H,48,64)(H,49,60)(H,50,62)(H,51,63)(H,52,61)(H,56,57)(H,53,54,59). The second kappa shape index (κ2) is 25.9. The molecule has 4 rings (SSSR count). The van der Waals surface area contributed by atoms with Crippen molar-refractivity contribution in [3.8, 4) is 0 Å². The Bertz CT molecular complexity index is 2390. The Hall–Kier alpha value is -6.08. The molecule has 5 unspecified atom stereocenters. The molecule has 7 N–H and O–H groups in total. The minimum absolute atomic E-state index is 0.0176. The maximum absolute atomic E-state index is 14.1. The lowest BCUT2D eigenvalue weighted by Gasteiger charge is -2.31. The molecule has 0 spiro atoms. The van der Waals surface area contributed by atoms with Gasteiger partial charge >= 0.3 is 0 Å². The van der Waals surface area contributed by atoms with Crippen LogP contribution in [0.2, 0.25) is 5.02 Å². The van der Waals surface area contributed by atoms with Crippen LogP contribution in [0.15, 0.2) is 47.2 Å². The van der Waals surface area contributed by atoms with Gasteiger partial charge < -0.3 is 26.6 Å². The van der Waals surface area contributed by atoms with Crippen molar-refractivity contribution in [1.29, 1.82) is 0 Å². The lowest BCUT2D eigenvalue weighted by molar-refractivity contribution is -0.141. The number of nitrogens with zero attached hydrogens (tertiary/aromatic N) is 4. The molecule has 1 aliphatic rings. The normalized spacial score (nSPS) is 15.2. The molecule has 0 radical (unpaired) electrons. The number of halogens is 3.